The molecule has 0 amide bonds. The van der Waals surface area contributed by atoms with Gasteiger partial charge in [-0.1, -0.05) is 19.9 Å². The van der Waals surface area contributed by atoms with Gasteiger partial charge in [0.25, 0.3) is 0 Å². The van der Waals surface area contributed by atoms with E-state index in [1.807, 2.05) is 24.3 Å². The van der Waals surface area contributed by atoms with Crippen molar-refractivity contribution in [1.82, 2.24) is 5.32 Å². The second kappa shape index (κ2) is 10.8. The van der Waals surface area contributed by atoms with Crippen LogP contribution in [0.1, 0.15) is 44.4 Å². The predicted octanol–water partition coefficient (Wildman–Crippen LogP) is 4.72. The van der Waals surface area contributed by atoms with E-state index in [0.717, 1.165) is 56.0 Å². The summed E-state index contributed by atoms with van der Waals surface area (Å²) < 4.78 is 16.2. The fourth-order valence-corrected chi connectivity index (χ4v) is 3.54. The number of furan rings is 1. The Bertz CT molecular complexity index is 750. The van der Waals surface area contributed by atoms with E-state index in [-0.39, 0.29) is 5.92 Å². The summed E-state index contributed by atoms with van der Waals surface area (Å²) in [5.74, 6) is 2.51. The topological polar surface area (TPSA) is 67.4 Å². The maximum absolute atomic E-state index is 9.82. The maximum atomic E-state index is 9.82. The summed E-state index contributed by atoms with van der Waals surface area (Å²) in [5.41, 5.74) is 0.686. The first kappa shape index (κ1) is 21.8. The molecule has 1 unspecified atom stereocenters. The molecule has 0 spiro atoms. The number of hydrogen-bond acceptors (Lipinski definition) is 5. The van der Waals surface area contributed by atoms with Gasteiger partial charge in [-0.15, -0.1) is 0 Å². The molecule has 0 saturated heterocycles. The van der Waals surface area contributed by atoms with Gasteiger partial charge in [0.2, 0.25) is 0 Å². The number of ether oxygens (including phenoxy) is 2. The van der Waals surface area contributed by atoms with Crippen molar-refractivity contribution in [3.05, 3.63) is 47.9 Å². The Labute approximate surface area is 168 Å². The van der Waals surface area contributed by atoms with Gasteiger partial charge in [-0.05, 0) is 74.5 Å². The van der Waals surface area contributed by atoms with Crippen molar-refractivity contribution < 1.29 is 13.9 Å². The van der Waals surface area contributed by atoms with Gasteiger partial charge in [0.15, 0.2) is 11.5 Å². The summed E-state index contributed by atoms with van der Waals surface area (Å²) in [5, 5.41) is 13.3. The lowest BCUT2D eigenvalue weighted by atomic mass is 9.73. The number of nitrogens with zero attached hydrogens (tertiary/aromatic N) is 1. The normalized spacial score (nSPS) is 13.1. The summed E-state index contributed by atoms with van der Waals surface area (Å²) in [4.78, 5) is 0. The fourth-order valence-electron chi connectivity index (χ4n) is 3.54. The van der Waals surface area contributed by atoms with Crippen LogP contribution in [-0.4, -0.2) is 27.3 Å². The Morgan fingerprint density at radius 3 is 2.46 bits per heavy atom. The van der Waals surface area contributed by atoms with Gasteiger partial charge in [-0.25, -0.2) is 0 Å². The van der Waals surface area contributed by atoms with Gasteiger partial charge in [0.05, 0.1) is 26.6 Å². The Hall–Kier alpha value is -2.45. The Kier molecular flexibility index (Phi) is 8.41. The van der Waals surface area contributed by atoms with Crippen molar-refractivity contribution in [3.63, 3.8) is 0 Å². The molecule has 0 radical (unpaired) electrons. The van der Waals surface area contributed by atoms with Crippen molar-refractivity contribution in [2.45, 2.75) is 44.9 Å². The van der Waals surface area contributed by atoms with Gasteiger partial charge >= 0.3 is 0 Å². The van der Waals surface area contributed by atoms with E-state index in [1.54, 1.807) is 20.5 Å². The molecule has 1 heterocycles. The summed E-state index contributed by atoms with van der Waals surface area (Å²) in [6.45, 7) is 6.00. The van der Waals surface area contributed by atoms with Crippen molar-refractivity contribution in [1.29, 1.82) is 5.26 Å². The molecule has 5 heteroatoms. The van der Waals surface area contributed by atoms with Crippen LogP contribution in [0.25, 0.3) is 0 Å². The standard InChI is InChI=1S/C23H32N2O3/c1-18(2)23(17-24,22-9-6-15-28-22)12-7-14-25-13-5-8-19-10-11-20(26-3)21(16-19)27-4/h6,9-11,15-16,18,25H,5,7-8,12-14H2,1-4H3. The third kappa shape index (κ3) is 5.30. The highest BCUT2D eigenvalue weighted by atomic mass is 16.5. The van der Waals surface area contributed by atoms with Crippen LogP contribution in [0.15, 0.2) is 41.0 Å². The molecule has 2 rings (SSSR count). The molecule has 0 aliphatic heterocycles. The summed E-state index contributed by atoms with van der Waals surface area (Å²) in [7, 11) is 3.30. The SMILES string of the molecule is COc1ccc(CCCNCCCC(C#N)(c2ccco2)C(C)C)cc1OC. The van der Waals surface area contributed by atoms with E-state index in [9.17, 15) is 5.26 Å². The highest BCUT2D eigenvalue weighted by Crippen LogP contribution is 2.36. The minimum atomic E-state index is -0.551. The molecule has 2 aromatic rings. The number of nitrogens with one attached hydrogen (secondary N) is 1. The van der Waals surface area contributed by atoms with Crippen LogP contribution < -0.4 is 14.8 Å². The Balaban J connectivity index is 1.74. The van der Waals surface area contributed by atoms with Gasteiger partial charge in [-0.2, -0.15) is 5.26 Å². The first-order chi connectivity index (χ1) is 13.6. The number of aryl methyl sites for hydroxylation is 1. The number of hydrogen-bond donors (Lipinski definition) is 1. The van der Waals surface area contributed by atoms with E-state index in [0.29, 0.717) is 0 Å². The molecular weight excluding hydrogens is 352 g/mol. The number of benzene rings is 1. The van der Waals surface area contributed by atoms with Gasteiger partial charge in [0.1, 0.15) is 11.2 Å². The lowest BCUT2D eigenvalue weighted by molar-refractivity contribution is 0.294. The van der Waals surface area contributed by atoms with Crippen LogP contribution in [0.3, 0.4) is 0 Å². The zero-order valence-corrected chi connectivity index (χ0v) is 17.5. The van der Waals surface area contributed by atoms with E-state index in [2.05, 4.69) is 31.3 Å². The van der Waals surface area contributed by atoms with Crippen LogP contribution >= 0.6 is 0 Å². The van der Waals surface area contributed by atoms with Crippen LogP contribution in [0.2, 0.25) is 0 Å². The minimum absolute atomic E-state index is 0.203. The molecule has 1 atom stereocenters. The summed E-state index contributed by atoms with van der Waals surface area (Å²) >= 11 is 0. The number of rotatable bonds is 12. The summed E-state index contributed by atoms with van der Waals surface area (Å²) in [6, 6.07) is 12.4. The molecule has 0 aliphatic rings. The largest absolute Gasteiger partial charge is 0.493 e. The van der Waals surface area contributed by atoms with Crippen LogP contribution in [-0.2, 0) is 11.8 Å². The average molecular weight is 385 g/mol. The monoisotopic (exact) mass is 384 g/mol. The molecule has 0 saturated carbocycles. The van der Waals surface area contributed by atoms with Crippen LogP contribution in [0.5, 0.6) is 11.5 Å². The molecule has 5 nitrogen and oxygen atoms in total. The highest BCUT2D eigenvalue weighted by molar-refractivity contribution is 5.42. The lowest BCUT2D eigenvalue weighted by Gasteiger charge is -2.28. The van der Waals surface area contributed by atoms with E-state index < -0.39 is 5.41 Å². The molecular formula is C23H32N2O3. The first-order valence-electron chi connectivity index (χ1n) is 9.94. The second-order valence-electron chi connectivity index (χ2n) is 7.36. The number of nitriles is 1. The molecule has 1 aromatic carbocycles. The molecule has 0 bridgehead atoms. The first-order valence-corrected chi connectivity index (χ1v) is 9.94. The van der Waals surface area contributed by atoms with Gasteiger partial charge in [0, 0.05) is 0 Å². The zero-order chi connectivity index (χ0) is 20.4. The van der Waals surface area contributed by atoms with E-state index in [1.165, 1.54) is 5.56 Å². The quantitative estimate of drug-likeness (QED) is 0.537. The van der Waals surface area contributed by atoms with Crippen molar-refractivity contribution in [2.24, 2.45) is 5.92 Å². The molecule has 28 heavy (non-hydrogen) atoms. The predicted molar refractivity (Wildman–Crippen MR) is 111 cm³/mol. The molecule has 0 fully saturated rings. The minimum Gasteiger partial charge on any atom is -0.493 e. The third-order valence-electron chi connectivity index (χ3n) is 5.34. The van der Waals surface area contributed by atoms with Crippen molar-refractivity contribution in [3.8, 4) is 17.6 Å². The third-order valence-corrected chi connectivity index (χ3v) is 5.34. The fraction of sp³-hybridized carbons (Fsp3) is 0.522. The Morgan fingerprint density at radius 2 is 1.86 bits per heavy atom. The van der Waals surface area contributed by atoms with Crippen molar-refractivity contribution in [2.75, 3.05) is 27.3 Å². The lowest BCUT2D eigenvalue weighted by Crippen LogP contribution is -2.31. The molecule has 0 aliphatic carbocycles. The molecule has 152 valence electrons. The average Bonchev–Trinajstić information content (AvgIpc) is 3.25. The highest BCUT2D eigenvalue weighted by Gasteiger charge is 2.38. The van der Waals surface area contributed by atoms with Gasteiger partial charge < -0.3 is 19.2 Å². The number of methoxy groups -OCH3 is 2. The van der Waals surface area contributed by atoms with E-state index >= 15 is 0 Å². The van der Waals surface area contributed by atoms with Crippen LogP contribution in [0, 0.1) is 17.2 Å². The van der Waals surface area contributed by atoms with Crippen molar-refractivity contribution >= 4 is 0 Å². The summed E-state index contributed by atoms with van der Waals surface area (Å²) in [6.07, 6.45) is 5.39. The maximum Gasteiger partial charge on any atom is 0.160 e. The smallest absolute Gasteiger partial charge is 0.160 e. The van der Waals surface area contributed by atoms with E-state index in [4.69, 9.17) is 13.9 Å². The Morgan fingerprint density at radius 1 is 1.11 bits per heavy atom. The molecule has 1 N–H and O–H groups in total. The zero-order valence-electron chi connectivity index (χ0n) is 17.5. The van der Waals surface area contributed by atoms with Crippen LogP contribution in [0.4, 0.5) is 0 Å². The van der Waals surface area contributed by atoms with Gasteiger partial charge in [-0.3, -0.25) is 0 Å². The molecule has 1 aromatic heterocycles. The second-order valence-corrected chi connectivity index (χ2v) is 7.36.